The highest BCUT2D eigenvalue weighted by atomic mass is 16.1. The monoisotopic (exact) mass is 272 g/mol. The molecule has 2 saturated heterocycles. The van der Waals surface area contributed by atoms with Crippen molar-refractivity contribution in [1.82, 2.24) is 10.6 Å². The van der Waals surface area contributed by atoms with Gasteiger partial charge in [0, 0.05) is 11.5 Å². The summed E-state index contributed by atoms with van der Waals surface area (Å²) in [6.07, 6.45) is 3.42. The summed E-state index contributed by atoms with van der Waals surface area (Å²) < 4.78 is 0. The third kappa shape index (κ3) is 2.94. The molecule has 3 heteroatoms. The number of hydrogen-bond donors (Lipinski definition) is 2. The van der Waals surface area contributed by atoms with E-state index in [1.165, 1.54) is 0 Å². The molecule has 3 rings (SSSR count). The summed E-state index contributed by atoms with van der Waals surface area (Å²) in [4.78, 5) is 13.0. The molecule has 0 saturated carbocycles. The predicted octanol–water partition coefficient (Wildman–Crippen LogP) is 2.09. The van der Waals surface area contributed by atoms with E-state index in [0.29, 0.717) is 17.6 Å². The van der Waals surface area contributed by atoms with Crippen molar-refractivity contribution in [2.24, 2.45) is 17.8 Å². The fourth-order valence-corrected chi connectivity index (χ4v) is 3.79. The van der Waals surface area contributed by atoms with E-state index in [0.717, 1.165) is 51.0 Å². The molecule has 2 atom stereocenters. The van der Waals surface area contributed by atoms with Crippen molar-refractivity contribution in [2.45, 2.75) is 19.3 Å². The molecule has 2 aliphatic heterocycles. The van der Waals surface area contributed by atoms with Gasteiger partial charge in [0.1, 0.15) is 0 Å². The van der Waals surface area contributed by atoms with Crippen LogP contribution in [-0.4, -0.2) is 32.0 Å². The van der Waals surface area contributed by atoms with Gasteiger partial charge in [0.2, 0.25) is 0 Å². The number of Topliss-reactive ketones (excluding diaryl/α,β-unsaturated/α-hetero) is 1. The molecule has 0 aromatic heterocycles. The zero-order chi connectivity index (χ0) is 13.8. The number of carbonyl (C=O) groups is 1. The highest BCUT2D eigenvalue weighted by molar-refractivity contribution is 5.98. The first-order valence-corrected chi connectivity index (χ1v) is 7.87. The van der Waals surface area contributed by atoms with Crippen molar-refractivity contribution >= 4 is 5.78 Å². The lowest BCUT2D eigenvalue weighted by molar-refractivity contribution is 0.0778. The van der Waals surface area contributed by atoms with E-state index in [1.807, 2.05) is 30.3 Å². The third-order valence-corrected chi connectivity index (χ3v) is 4.86. The van der Waals surface area contributed by atoms with Gasteiger partial charge in [0.05, 0.1) is 0 Å². The van der Waals surface area contributed by atoms with Gasteiger partial charge in [-0.2, -0.15) is 0 Å². The van der Waals surface area contributed by atoms with Gasteiger partial charge < -0.3 is 10.6 Å². The fraction of sp³-hybridized carbons (Fsp3) is 0.588. The van der Waals surface area contributed by atoms with Gasteiger partial charge in [-0.15, -0.1) is 0 Å². The van der Waals surface area contributed by atoms with Crippen LogP contribution in [0.2, 0.25) is 0 Å². The van der Waals surface area contributed by atoms with E-state index in [-0.39, 0.29) is 5.92 Å². The van der Waals surface area contributed by atoms with Crippen LogP contribution in [0.1, 0.15) is 29.6 Å². The summed E-state index contributed by atoms with van der Waals surface area (Å²) in [6, 6.07) is 9.87. The van der Waals surface area contributed by atoms with E-state index in [2.05, 4.69) is 10.6 Å². The maximum absolute atomic E-state index is 13.0. The number of benzene rings is 1. The maximum atomic E-state index is 13.0. The van der Waals surface area contributed by atoms with Gasteiger partial charge in [-0.25, -0.2) is 0 Å². The summed E-state index contributed by atoms with van der Waals surface area (Å²) in [5.41, 5.74) is 0.892. The Hall–Kier alpha value is -1.19. The van der Waals surface area contributed by atoms with Crippen LogP contribution in [0.3, 0.4) is 0 Å². The van der Waals surface area contributed by atoms with Crippen LogP contribution in [0.5, 0.6) is 0 Å². The van der Waals surface area contributed by atoms with Crippen LogP contribution >= 0.6 is 0 Å². The highest BCUT2D eigenvalue weighted by Gasteiger charge is 2.37. The predicted molar refractivity (Wildman–Crippen MR) is 80.8 cm³/mol. The lowest BCUT2D eigenvalue weighted by Gasteiger charge is -2.33. The molecule has 2 fully saturated rings. The van der Waals surface area contributed by atoms with Crippen LogP contribution in [-0.2, 0) is 0 Å². The average Bonchev–Trinajstić information content (AvgIpc) is 3.03. The number of hydrogen-bond acceptors (Lipinski definition) is 3. The number of ketones is 1. The second-order valence-electron chi connectivity index (χ2n) is 6.10. The Kier molecular flexibility index (Phi) is 4.48. The zero-order valence-corrected chi connectivity index (χ0v) is 12.0. The Labute approximate surface area is 121 Å². The Morgan fingerprint density at radius 2 is 1.60 bits per heavy atom. The Morgan fingerprint density at radius 3 is 2.25 bits per heavy atom. The van der Waals surface area contributed by atoms with E-state index >= 15 is 0 Å². The van der Waals surface area contributed by atoms with E-state index in [1.54, 1.807) is 0 Å². The number of carbonyl (C=O) groups excluding carboxylic acids is 1. The largest absolute Gasteiger partial charge is 0.317 e. The van der Waals surface area contributed by atoms with E-state index < -0.39 is 0 Å². The topological polar surface area (TPSA) is 41.1 Å². The standard InChI is InChI=1S/C17H24N2O/c20-17(14-4-2-1-3-5-14)16(15-8-11-19-12-15)13-6-9-18-10-7-13/h1-5,13,15-16,18-19H,6-12H2. The highest BCUT2D eigenvalue weighted by Crippen LogP contribution is 2.34. The summed E-state index contributed by atoms with van der Waals surface area (Å²) in [5.74, 6) is 1.64. The number of rotatable bonds is 4. The van der Waals surface area contributed by atoms with Gasteiger partial charge in [-0.1, -0.05) is 30.3 Å². The molecule has 0 aliphatic carbocycles. The molecule has 2 aliphatic rings. The second-order valence-corrected chi connectivity index (χ2v) is 6.10. The van der Waals surface area contributed by atoms with Gasteiger partial charge >= 0.3 is 0 Å². The summed E-state index contributed by atoms with van der Waals surface area (Å²) in [7, 11) is 0. The molecule has 2 unspecified atom stereocenters. The molecule has 1 aromatic rings. The SMILES string of the molecule is O=C(c1ccccc1)C(C1CCNCC1)C1CCNC1. The van der Waals surface area contributed by atoms with Crippen LogP contribution in [0.15, 0.2) is 30.3 Å². The summed E-state index contributed by atoms with van der Waals surface area (Å²) >= 11 is 0. The van der Waals surface area contributed by atoms with Crippen molar-refractivity contribution in [1.29, 1.82) is 0 Å². The van der Waals surface area contributed by atoms with Crippen molar-refractivity contribution in [3.63, 3.8) is 0 Å². The quantitative estimate of drug-likeness (QED) is 0.825. The molecule has 2 N–H and O–H groups in total. The van der Waals surface area contributed by atoms with E-state index in [9.17, 15) is 4.79 Å². The number of piperidine rings is 1. The molecule has 20 heavy (non-hydrogen) atoms. The average molecular weight is 272 g/mol. The smallest absolute Gasteiger partial charge is 0.166 e. The van der Waals surface area contributed by atoms with Crippen molar-refractivity contribution < 1.29 is 4.79 Å². The van der Waals surface area contributed by atoms with Crippen molar-refractivity contribution in [2.75, 3.05) is 26.2 Å². The second kappa shape index (κ2) is 6.51. The normalized spacial score (nSPS) is 25.5. The fourth-order valence-electron chi connectivity index (χ4n) is 3.79. The summed E-state index contributed by atoms with van der Waals surface area (Å²) in [6.45, 7) is 4.19. The Balaban J connectivity index is 1.82. The maximum Gasteiger partial charge on any atom is 0.166 e. The molecular formula is C17H24N2O. The van der Waals surface area contributed by atoms with Crippen LogP contribution in [0.4, 0.5) is 0 Å². The van der Waals surface area contributed by atoms with Crippen molar-refractivity contribution in [3.05, 3.63) is 35.9 Å². The molecule has 2 heterocycles. The number of nitrogens with one attached hydrogen (secondary N) is 2. The van der Waals surface area contributed by atoms with Gasteiger partial charge in [0.15, 0.2) is 5.78 Å². The van der Waals surface area contributed by atoms with Crippen LogP contribution in [0.25, 0.3) is 0 Å². The lowest BCUT2D eigenvalue weighted by atomic mass is 9.73. The molecule has 0 radical (unpaired) electrons. The van der Waals surface area contributed by atoms with Gasteiger partial charge in [-0.3, -0.25) is 4.79 Å². The molecular weight excluding hydrogens is 248 g/mol. The minimum absolute atomic E-state index is 0.203. The van der Waals surface area contributed by atoms with Gasteiger partial charge in [0.25, 0.3) is 0 Å². The third-order valence-electron chi connectivity index (χ3n) is 4.86. The molecule has 0 amide bonds. The molecule has 3 nitrogen and oxygen atoms in total. The zero-order valence-electron chi connectivity index (χ0n) is 12.0. The minimum atomic E-state index is 0.203. The molecule has 108 valence electrons. The van der Waals surface area contributed by atoms with Crippen molar-refractivity contribution in [3.8, 4) is 0 Å². The summed E-state index contributed by atoms with van der Waals surface area (Å²) in [5, 5.41) is 6.84. The molecule has 0 spiro atoms. The minimum Gasteiger partial charge on any atom is -0.317 e. The molecule has 1 aromatic carbocycles. The first-order valence-electron chi connectivity index (χ1n) is 7.87. The van der Waals surface area contributed by atoms with Gasteiger partial charge in [-0.05, 0) is 57.3 Å². The van der Waals surface area contributed by atoms with E-state index in [4.69, 9.17) is 0 Å². The molecule has 0 bridgehead atoms. The first-order chi connectivity index (χ1) is 9.86. The van der Waals surface area contributed by atoms with Crippen LogP contribution < -0.4 is 10.6 Å². The lowest BCUT2D eigenvalue weighted by Crippen LogP contribution is -2.39. The Bertz CT molecular complexity index is 434. The Morgan fingerprint density at radius 1 is 0.950 bits per heavy atom. The first kappa shape index (κ1) is 13.8. The van der Waals surface area contributed by atoms with Crippen LogP contribution in [0, 0.1) is 17.8 Å².